The molecule has 0 amide bonds. The van der Waals surface area contributed by atoms with Crippen LogP contribution in [0.5, 0.6) is 5.75 Å². The Labute approximate surface area is 199 Å². The minimum Gasteiger partial charge on any atom is -0.487 e. The molecule has 2 rings (SSSR count). The molecule has 0 saturated carbocycles. The van der Waals surface area contributed by atoms with Crippen LogP contribution in [0.2, 0.25) is 5.02 Å². The number of ether oxygens (including phenoxy) is 1. The smallest absolute Gasteiger partial charge is 0.347 e. The Balaban J connectivity index is 2.26. The molecular weight excluding hydrogens is 492 g/mol. The maximum Gasteiger partial charge on any atom is 0.347 e. The van der Waals surface area contributed by atoms with Crippen molar-refractivity contribution in [2.45, 2.75) is 53.2 Å². The topological polar surface area (TPSA) is 111 Å². The minimum absolute atomic E-state index is 0.100. The highest BCUT2D eigenvalue weighted by Crippen LogP contribution is 2.70. The molecule has 33 heavy (non-hydrogen) atoms. The highest BCUT2D eigenvalue weighted by Gasteiger charge is 2.51. The van der Waals surface area contributed by atoms with Crippen molar-refractivity contribution in [2.24, 2.45) is 0 Å². The molecule has 10 nitrogen and oxygen atoms in total. The third kappa shape index (κ3) is 7.62. The van der Waals surface area contributed by atoms with Gasteiger partial charge in [0, 0.05) is 5.02 Å². The Hall–Kier alpha value is -1.25. The SMILES string of the molecule is CCOP(=O)(OCC)C(Cn1cc(COc2ccc(Cl)c(C)c2)nn1)P(=O)(OCC)OCC. The van der Waals surface area contributed by atoms with Gasteiger partial charge in [0.15, 0.2) is 5.40 Å². The van der Waals surface area contributed by atoms with Gasteiger partial charge >= 0.3 is 15.2 Å². The summed E-state index contributed by atoms with van der Waals surface area (Å²) in [4.78, 5) is 0. The Morgan fingerprint density at radius 3 is 2.00 bits per heavy atom. The van der Waals surface area contributed by atoms with Crippen molar-refractivity contribution in [3.05, 3.63) is 40.7 Å². The van der Waals surface area contributed by atoms with Gasteiger partial charge in [0.2, 0.25) is 0 Å². The molecular formula is C20H32ClN3O7P2. The average molecular weight is 524 g/mol. The molecule has 0 bridgehead atoms. The zero-order valence-electron chi connectivity index (χ0n) is 19.6. The Bertz CT molecular complexity index is 938. The van der Waals surface area contributed by atoms with Gasteiger partial charge in [-0.1, -0.05) is 16.8 Å². The summed E-state index contributed by atoms with van der Waals surface area (Å²) in [6.07, 6.45) is 1.61. The quantitative estimate of drug-likeness (QED) is 0.272. The number of hydrogen-bond acceptors (Lipinski definition) is 9. The molecule has 0 spiro atoms. The zero-order chi connectivity index (χ0) is 24.5. The maximum absolute atomic E-state index is 13.6. The molecule has 0 atom stereocenters. The third-order valence-corrected chi connectivity index (χ3v) is 10.8. The molecule has 2 aromatic rings. The standard InChI is InChI=1S/C20H32ClN3O7P2/c1-6-28-32(25,29-7-2)20(33(26,30-8-3)31-9-4)14-24-13-17(22-23-24)15-27-18-10-11-19(21)16(5)12-18/h10-13,20H,6-9,14-15H2,1-5H3. The van der Waals surface area contributed by atoms with E-state index >= 15 is 0 Å². The molecule has 0 aliphatic carbocycles. The van der Waals surface area contributed by atoms with Gasteiger partial charge in [0.05, 0.1) is 39.2 Å². The third-order valence-electron chi connectivity index (χ3n) is 4.42. The molecule has 1 aromatic carbocycles. The van der Waals surface area contributed by atoms with Gasteiger partial charge in [0.25, 0.3) is 0 Å². The van der Waals surface area contributed by atoms with E-state index in [9.17, 15) is 9.13 Å². The number of nitrogens with zero attached hydrogens (tertiary/aromatic N) is 3. The fourth-order valence-electron chi connectivity index (χ4n) is 3.04. The first kappa shape index (κ1) is 28.0. The highest BCUT2D eigenvalue weighted by atomic mass is 35.5. The number of aryl methyl sites for hydroxylation is 1. The molecule has 0 saturated heterocycles. The van der Waals surface area contributed by atoms with E-state index in [0.29, 0.717) is 16.5 Å². The summed E-state index contributed by atoms with van der Waals surface area (Å²) < 4.78 is 56.3. The number of aromatic nitrogens is 3. The van der Waals surface area contributed by atoms with Crippen LogP contribution in [0, 0.1) is 6.92 Å². The Morgan fingerprint density at radius 2 is 1.52 bits per heavy atom. The van der Waals surface area contributed by atoms with Crippen LogP contribution < -0.4 is 4.74 Å². The van der Waals surface area contributed by atoms with Crippen LogP contribution in [0.3, 0.4) is 0 Å². The second-order valence-electron chi connectivity index (χ2n) is 6.86. The number of benzene rings is 1. The first-order valence-electron chi connectivity index (χ1n) is 10.8. The largest absolute Gasteiger partial charge is 0.487 e. The number of halogens is 1. The summed E-state index contributed by atoms with van der Waals surface area (Å²) in [6, 6.07) is 5.34. The van der Waals surface area contributed by atoms with Crippen molar-refractivity contribution in [3.8, 4) is 5.75 Å². The van der Waals surface area contributed by atoms with Gasteiger partial charge in [-0.15, -0.1) is 5.10 Å². The second kappa shape index (κ2) is 13.0. The monoisotopic (exact) mass is 523 g/mol. The summed E-state index contributed by atoms with van der Waals surface area (Å²) in [5, 5.41) is 7.59. The van der Waals surface area contributed by atoms with Crippen molar-refractivity contribution >= 4 is 26.8 Å². The highest BCUT2D eigenvalue weighted by molar-refractivity contribution is 7.72. The summed E-state index contributed by atoms with van der Waals surface area (Å²) >= 11 is 6.04. The van der Waals surface area contributed by atoms with Crippen molar-refractivity contribution < 1.29 is 32.0 Å². The molecule has 0 fully saturated rings. The normalized spacial score (nSPS) is 12.5. The zero-order valence-corrected chi connectivity index (χ0v) is 22.1. The summed E-state index contributed by atoms with van der Waals surface area (Å²) in [7, 11) is -7.77. The summed E-state index contributed by atoms with van der Waals surface area (Å²) in [5.74, 6) is 0.638. The lowest BCUT2D eigenvalue weighted by Crippen LogP contribution is -2.23. The minimum atomic E-state index is -3.89. The van der Waals surface area contributed by atoms with E-state index in [1.165, 1.54) is 4.68 Å². The summed E-state index contributed by atoms with van der Waals surface area (Å²) in [6.45, 7) is 9.04. The number of rotatable bonds is 15. The van der Waals surface area contributed by atoms with Gasteiger partial charge in [-0.2, -0.15) is 0 Å². The van der Waals surface area contributed by atoms with Crippen LogP contribution in [0.1, 0.15) is 39.0 Å². The van der Waals surface area contributed by atoms with Crippen LogP contribution in [-0.2, 0) is 40.4 Å². The number of hydrogen-bond donors (Lipinski definition) is 0. The molecule has 186 valence electrons. The Kier molecular flexibility index (Phi) is 11.0. The average Bonchev–Trinajstić information content (AvgIpc) is 3.21. The molecule has 0 N–H and O–H groups in total. The molecule has 13 heteroatoms. The summed E-state index contributed by atoms with van der Waals surface area (Å²) in [5.41, 5.74) is 1.41. The Morgan fingerprint density at radius 1 is 0.970 bits per heavy atom. The predicted octanol–water partition coefficient (Wildman–Crippen LogP) is 5.68. The van der Waals surface area contributed by atoms with E-state index in [1.54, 1.807) is 46.0 Å². The molecule has 1 heterocycles. The predicted molar refractivity (Wildman–Crippen MR) is 126 cm³/mol. The van der Waals surface area contributed by atoms with Crippen LogP contribution in [0.25, 0.3) is 0 Å². The van der Waals surface area contributed by atoms with E-state index < -0.39 is 20.6 Å². The fourth-order valence-corrected chi connectivity index (χ4v) is 8.35. The molecule has 1 aromatic heterocycles. The van der Waals surface area contributed by atoms with Crippen LogP contribution in [-0.4, -0.2) is 46.8 Å². The maximum atomic E-state index is 13.6. The van der Waals surface area contributed by atoms with Gasteiger partial charge in [0.1, 0.15) is 18.1 Å². The van der Waals surface area contributed by atoms with E-state index in [0.717, 1.165) is 5.56 Å². The van der Waals surface area contributed by atoms with E-state index in [2.05, 4.69) is 10.3 Å². The lowest BCUT2D eigenvalue weighted by atomic mass is 10.2. The molecule has 0 aliphatic heterocycles. The van der Waals surface area contributed by atoms with Crippen molar-refractivity contribution in [2.75, 3.05) is 26.4 Å². The van der Waals surface area contributed by atoms with Crippen LogP contribution in [0.4, 0.5) is 0 Å². The van der Waals surface area contributed by atoms with E-state index in [-0.39, 0.29) is 39.6 Å². The second-order valence-corrected chi connectivity index (χ2v) is 12.1. The van der Waals surface area contributed by atoms with Crippen LogP contribution in [0.15, 0.2) is 24.4 Å². The van der Waals surface area contributed by atoms with Crippen molar-refractivity contribution in [3.63, 3.8) is 0 Å². The first-order valence-corrected chi connectivity index (χ1v) is 14.4. The van der Waals surface area contributed by atoms with Crippen molar-refractivity contribution in [1.82, 2.24) is 15.0 Å². The first-order chi connectivity index (χ1) is 15.7. The molecule has 0 unspecified atom stereocenters. The van der Waals surface area contributed by atoms with Gasteiger partial charge in [-0.25, -0.2) is 0 Å². The van der Waals surface area contributed by atoms with Crippen molar-refractivity contribution in [1.29, 1.82) is 0 Å². The molecule has 0 radical (unpaired) electrons. The fraction of sp³-hybridized carbons (Fsp3) is 0.600. The lowest BCUT2D eigenvalue weighted by Gasteiger charge is -2.31. The molecule has 0 aliphatic rings. The van der Waals surface area contributed by atoms with Gasteiger partial charge < -0.3 is 22.8 Å². The van der Waals surface area contributed by atoms with Crippen LogP contribution >= 0.6 is 26.8 Å². The lowest BCUT2D eigenvalue weighted by molar-refractivity contribution is 0.191. The van der Waals surface area contributed by atoms with E-state index in [1.807, 2.05) is 13.0 Å². The van der Waals surface area contributed by atoms with Gasteiger partial charge in [-0.05, 0) is 58.4 Å². The van der Waals surface area contributed by atoms with Gasteiger partial charge in [-0.3, -0.25) is 13.8 Å². The van der Waals surface area contributed by atoms with E-state index in [4.69, 9.17) is 34.4 Å².